The van der Waals surface area contributed by atoms with Gasteiger partial charge >= 0.3 is 0 Å². The Labute approximate surface area is 125 Å². The minimum Gasteiger partial charge on any atom is -0.511 e. The largest absolute Gasteiger partial charge is 0.511 e. The van der Waals surface area contributed by atoms with Gasteiger partial charge in [-0.3, -0.25) is 14.6 Å². The van der Waals surface area contributed by atoms with Crippen LogP contribution in [0.2, 0.25) is 0 Å². The quantitative estimate of drug-likeness (QED) is 0.726. The van der Waals surface area contributed by atoms with Gasteiger partial charge in [0.2, 0.25) is 5.95 Å². The second kappa shape index (κ2) is 4.90. The Morgan fingerprint density at radius 3 is 2.86 bits per heavy atom. The average molecular weight is 301 g/mol. The fraction of sp³-hybridized carbons (Fsp3) is 0.357. The van der Waals surface area contributed by atoms with Crippen LogP contribution in [0.15, 0.2) is 27.4 Å². The molecule has 0 atom stereocenters. The third-order valence-corrected chi connectivity index (χ3v) is 3.50. The lowest BCUT2D eigenvalue weighted by molar-refractivity contribution is -0.117. The molecule has 2 aromatic heterocycles. The Kier molecular flexibility index (Phi) is 3.16. The Hall–Kier alpha value is -2.77. The molecule has 114 valence electrons. The van der Waals surface area contributed by atoms with Gasteiger partial charge in [0.25, 0.3) is 5.56 Å². The van der Waals surface area contributed by atoms with Crippen LogP contribution in [0.5, 0.6) is 0 Å². The van der Waals surface area contributed by atoms with Gasteiger partial charge in [0.15, 0.2) is 16.9 Å². The van der Waals surface area contributed by atoms with E-state index in [4.69, 9.17) is 0 Å². The van der Waals surface area contributed by atoms with E-state index in [1.165, 1.54) is 12.5 Å². The summed E-state index contributed by atoms with van der Waals surface area (Å²) in [5, 5.41) is 10.0. The summed E-state index contributed by atoms with van der Waals surface area (Å²) >= 11 is 0. The van der Waals surface area contributed by atoms with E-state index in [0.717, 1.165) is 0 Å². The van der Waals surface area contributed by atoms with Crippen molar-refractivity contribution in [1.29, 1.82) is 0 Å². The zero-order chi connectivity index (χ0) is 15.9. The number of fused-ring (bicyclic) bond motifs is 1. The molecule has 0 fully saturated rings. The van der Waals surface area contributed by atoms with E-state index in [2.05, 4.69) is 24.9 Å². The number of carbonyl (C=O) groups excluding carboxylic acids is 1. The molecule has 3 N–H and O–H groups in total. The lowest BCUT2D eigenvalue weighted by Crippen LogP contribution is -2.26. The molecule has 1 aliphatic carbocycles. The van der Waals surface area contributed by atoms with Crippen LogP contribution in [0.1, 0.15) is 26.7 Å². The number of nitrogens with one attached hydrogen (secondary N) is 2. The van der Waals surface area contributed by atoms with E-state index in [9.17, 15) is 14.7 Å². The topological polar surface area (TPSA) is 124 Å². The second-order valence-electron chi connectivity index (χ2n) is 6.05. The number of rotatable bonds is 2. The van der Waals surface area contributed by atoms with Crippen LogP contribution in [0.4, 0.5) is 5.95 Å². The molecule has 22 heavy (non-hydrogen) atoms. The van der Waals surface area contributed by atoms with E-state index < -0.39 is 5.56 Å². The van der Waals surface area contributed by atoms with Crippen molar-refractivity contribution in [3.8, 4) is 0 Å². The van der Waals surface area contributed by atoms with Gasteiger partial charge in [-0.05, 0) is 5.41 Å². The van der Waals surface area contributed by atoms with Crippen molar-refractivity contribution in [2.24, 2.45) is 10.4 Å². The molecule has 2 heterocycles. The number of H-pyrrole nitrogens is 2. The van der Waals surface area contributed by atoms with E-state index in [1.54, 1.807) is 0 Å². The first kappa shape index (κ1) is 14.2. The highest BCUT2D eigenvalue weighted by Crippen LogP contribution is 2.35. The first-order valence-corrected chi connectivity index (χ1v) is 6.78. The highest BCUT2D eigenvalue weighted by Gasteiger charge is 2.32. The standard InChI is InChI=1S/C14H15N5O3/c1-14(2)3-8(20)7(9(21)4-14)5-15-13-18-11-10(12(22)19-13)16-6-17-11/h5-6,20H,3-4H2,1-2H3,(H2,16,17,18,19,22)/b15-5+. The molecule has 0 radical (unpaired) electrons. The Balaban J connectivity index is 1.96. The summed E-state index contributed by atoms with van der Waals surface area (Å²) in [5.74, 6) is -0.142. The maximum Gasteiger partial charge on any atom is 0.278 e. The number of nitrogens with zero attached hydrogens (tertiary/aromatic N) is 3. The van der Waals surface area contributed by atoms with Gasteiger partial charge in [-0.2, -0.15) is 4.98 Å². The summed E-state index contributed by atoms with van der Waals surface area (Å²) in [6, 6.07) is 0. The molecule has 8 heteroatoms. The van der Waals surface area contributed by atoms with Crippen molar-refractivity contribution in [1.82, 2.24) is 19.9 Å². The van der Waals surface area contributed by atoms with Gasteiger partial charge in [0, 0.05) is 19.1 Å². The van der Waals surface area contributed by atoms with Crippen LogP contribution >= 0.6 is 0 Å². The smallest absolute Gasteiger partial charge is 0.278 e. The number of ketones is 1. The number of hydrogen-bond donors (Lipinski definition) is 3. The maximum atomic E-state index is 12.1. The highest BCUT2D eigenvalue weighted by molar-refractivity contribution is 6.14. The SMILES string of the molecule is CC1(C)CC(=O)C(/C=N/c2nc3nc[nH]c3c(=O)[nH]2)=C(O)C1. The molecule has 8 nitrogen and oxygen atoms in total. The minimum absolute atomic E-state index is 0.00759. The predicted molar refractivity (Wildman–Crippen MR) is 80.3 cm³/mol. The molecule has 3 rings (SSSR count). The summed E-state index contributed by atoms with van der Waals surface area (Å²) in [5.41, 5.74) is -0.00582. The number of hydrogen-bond acceptors (Lipinski definition) is 6. The van der Waals surface area contributed by atoms with Crippen LogP contribution < -0.4 is 5.56 Å². The monoisotopic (exact) mass is 301 g/mol. The molecule has 0 bridgehead atoms. The van der Waals surface area contributed by atoms with Crippen molar-refractivity contribution in [3.05, 3.63) is 28.0 Å². The minimum atomic E-state index is -0.399. The summed E-state index contributed by atoms with van der Waals surface area (Å²) in [6.07, 6.45) is 3.34. The number of aliphatic hydroxyl groups excluding tert-OH is 1. The van der Waals surface area contributed by atoms with Gasteiger partial charge in [0.05, 0.1) is 11.9 Å². The number of aromatic nitrogens is 4. The van der Waals surface area contributed by atoms with Gasteiger partial charge < -0.3 is 10.1 Å². The summed E-state index contributed by atoms with van der Waals surface area (Å²) in [4.78, 5) is 40.9. The van der Waals surface area contributed by atoms with Gasteiger partial charge in [-0.1, -0.05) is 13.8 Å². The second-order valence-corrected chi connectivity index (χ2v) is 6.05. The van der Waals surface area contributed by atoms with Gasteiger partial charge in [-0.15, -0.1) is 0 Å². The van der Waals surface area contributed by atoms with Crippen LogP contribution in [0.3, 0.4) is 0 Å². The molecule has 0 saturated carbocycles. The number of carbonyl (C=O) groups is 1. The van der Waals surface area contributed by atoms with E-state index in [-0.39, 0.29) is 39.6 Å². The number of aliphatic hydroxyl groups is 1. The molecule has 0 amide bonds. The molecule has 2 aromatic rings. The van der Waals surface area contributed by atoms with Crippen LogP contribution in [-0.2, 0) is 4.79 Å². The van der Waals surface area contributed by atoms with Crippen molar-refractivity contribution in [3.63, 3.8) is 0 Å². The number of imidazole rings is 1. The third-order valence-electron chi connectivity index (χ3n) is 3.50. The van der Waals surface area contributed by atoms with Gasteiger partial charge in [-0.25, -0.2) is 9.98 Å². The zero-order valence-corrected chi connectivity index (χ0v) is 12.2. The highest BCUT2D eigenvalue weighted by atomic mass is 16.3. The number of aliphatic imine (C=N–C) groups is 1. The Morgan fingerprint density at radius 1 is 1.36 bits per heavy atom. The van der Waals surface area contributed by atoms with E-state index >= 15 is 0 Å². The van der Waals surface area contributed by atoms with Crippen molar-refractivity contribution >= 4 is 29.1 Å². The van der Waals surface area contributed by atoms with Crippen LogP contribution in [0, 0.1) is 5.41 Å². The Morgan fingerprint density at radius 2 is 2.14 bits per heavy atom. The third kappa shape index (κ3) is 2.54. The predicted octanol–water partition coefficient (Wildman–Crippen LogP) is 1.55. The van der Waals surface area contributed by atoms with Crippen LogP contribution in [-0.4, -0.2) is 37.0 Å². The van der Waals surface area contributed by atoms with Crippen molar-refractivity contribution in [2.75, 3.05) is 0 Å². The first-order chi connectivity index (χ1) is 10.4. The fourth-order valence-corrected chi connectivity index (χ4v) is 2.47. The fourth-order valence-electron chi connectivity index (χ4n) is 2.47. The lowest BCUT2D eigenvalue weighted by atomic mass is 9.77. The summed E-state index contributed by atoms with van der Waals surface area (Å²) in [7, 11) is 0. The average Bonchev–Trinajstić information content (AvgIpc) is 2.85. The summed E-state index contributed by atoms with van der Waals surface area (Å²) in [6.45, 7) is 3.83. The van der Waals surface area contributed by atoms with E-state index in [1.807, 2.05) is 13.8 Å². The molecule has 1 aliphatic rings. The normalized spacial score (nSPS) is 18.5. The zero-order valence-electron chi connectivity index (χ0n) is 12.2. The first-order valence-electron chi connectivity index (χ1n) is 6.78. The molecule has 0 aromatic carbocycles. The molecular weight excluding hydrogens is 286 g/mol. The van der Waals surface area contributed by atoms with Crippen molar-refractivity contribution in [2.45, 2.75) is 26.7 Å². The maximum absolute atomic E-state index is 12.1. The lowest BCUT2D eigenvalue weighted by Gasteiger charge is -2.28. The molecule has 0 saturated heterocycles. The summed E-state index contributed by atoms with van der Waals surface area (Å²) < 4.78 is 0. The molecule has 0 aliphatic heterocycles. The number of Topliss-reactive ketones (excluding diaryl/α,β-unsaturated/α-hetero) is 1. The van der Waals surface area contributed by atoms with Gasteiger partial charge in [0.1, 0.15) is 5.76 Å². The van der Waals surface area contributed by atoms with Crippen molar-refractivity contribution < 1.29 is 9.90 Å². The van der Waals surface area contributed by atoms with E-state index in [0.29, 0.717) is 12.8 Å². The van der Waals surface area contributed by atoms with Crippen LogP contribution in [0.25, 0.3) is 11.2 Å². The number of allylic oxidation sites excluding steroid dienone is 2. The number of aromatic amines is 2. The molecule has 0 unspecified atom stereocenters. The molecular formula is C14H15N5O3. The Bertz CT molecular complexity index is 872. The molecule has 0 spiro atoms.